The highest BCUT2D eigenvalue weighted by atomic mass is 16.7. The first-order valence-electron chi connectivity index (χ1n) is 8.74. The molecule has 3 heterocycles. The number of anilines is 1. The van der Waals surface area contributed by atoms with Crippen molar-refractivity contribution in [3.63, 3.8) is 0 Å². The summed E-state index contributed by atoms with van der Waals surface area (Å²) < 4.78 is 10.9. The zero-order valence-corrected chi connectivity index (χ0v) is 14.5. The number of pyridine rings is 1. The summed E-state index contributed by atoms with van der Waals surface area (Å²) in [5.74, 6) is 1.44. The van der Waals surface area contributed by atoms with E-state index in [2.05, 4.69) is 10.3 Å². The van der Waals surface area contributed by atoms with Crippen LogP contribution in [0.15, 0.2) is 67.0 Å². The molecule has 2 aliphatic rings. The van der Waals surface area contributed by atoms with Gasteiger partial charge in [0.15, 0.2) is 11.5 Å². The Morgan fingerprint density at radius 1 is 1.04 bits per heavy atom. The number of carbonyl (C=O) groups is 1. The summed E-state index contributed by atoms with van der Waals surface area (Å²) in [4.78, 5) is 19.2. The quantitative estimate of drug-likeness (QED) is 0.774. The van der Waals surface area contributed by atoms with Crippen LogP contribution in [0.4, 0.5) is 5.69 Å². The van der Waals surface area contributed by atoms with E-state index in [4.69, 9.17) is 9.47 Å². The molecule has 0 spiro atoms. The maximum atomic E-state index is 13.3. The van der Waals surface area contributed by atoms with Crippen molar-refractivity contribution < 1.29 is 14.3 Å². The number of amides is 1. The zero-order valence-electron chi connectivity index (χ0n) is 14.5. The Labute approximate surface area is 156 Å². The van der Waals surface area contributed by atoms with Gasteiger partial charge < -0.3 is 19.7 Å². The van der Waals surface area contributed by atoms with Gasteiger partial charge in [-0.3, -0.25) is 9.78 Å². The monoisotopic (exact) mass is 359 g/mol. The lowest BCUT2D eigenvalue weighted by Crippen LogP contribution is -2.42. The van der Waals surface area contributed by atoms with Gasteiger partial charge in [-0.05, 0) is 47.5 Å². The lowest BCUT2D eigenvalue weighted by molar-refractivity contribution is 0.0666. The minimum atomic E-state index is -0.277. The molecule has 1 aromatic heterocycles. The molecule has 0 saturated carbocycles. The molecule has 134 valence electrons. The van der Waals surface area contributed by atoms with Crippen LogP contribution in [-0.2, 0) is 6.54 Å². The van der Waals surface area contributed by atoms with E-state index in [9.17, 15) is 4.79 Å². The Morgan fingerprint density at radius 2 is 1.85 bits per heavy atom. The fraction of sp³-hybridized carbons (Fsp3) is 0.143. The molecule has 0 radical (unpaired) electrons. The third-order valence-electron chi connectivity index (χ3n) is 4.83. The van der Waals surface area contributed by atoms with Crippen molar-refractivity contribution in [2.24, 2.45) is 0 Å². The predicted molar refractivity (Wildman–Crippen MR) is 99.5 cm³/mol. The minimum absolute atomic E-state index is 0.0103. The van der Waals surface area contributed by atoms with Crippen molar-refractivity contribution in [3.05, 3.63) is 83.7 Å². The molecule has 0 aliphatic carbocycles. The average Bonchev–Trinajstić information content (AvgIpc) is 3.18. The second-order valence-electron chi connectivity index (χ2n) is 6.49. The van der Waals surface area contributed by atoms with E-state index in [1.807, 2.05) is 59.5 Å². The maximum absolute atomic E-state index is 13.3. The van der Waals surface area contributed by atoms with Crippen LogP contribution in [0.25, 0.3) is 0 Å². The number of nitrogens with one attached hydrogen (secondary N) is 1. The Bertz CT molecular complexity index is 1010. The van der Waals surface area contributed by atoms with Gasteiger partial charge >= 0.3 is 0 Å². The fourth-order valence-electron chi connectivity index (χ4n) is 3.50. The largest absolute Gasteiger partial charge is 0.454 e. The van der Waals surface area contributed by atoms with E-state index in [0.717, 1.165) is 22.6 Å². The molecular weight excluding hydrogens is 342 g/mol. The summed E-state index contributed by atoms with van der Waals surface area (Å²) in [7, 11) is 0. The first-order valence-corrected chi connectivity index (χ1v) is 8.74. The van der Waals surface area contributed by atoms with Gasteiger partial charge in [0.25, 0.3) is 5.91 Å². The number of aromatic nitrogens is 1. The molecular formula is C21H17N3O3. The van der Waals surface area contributed by atoms with Crippen molar-refractivity contribution in [2.75, 3.05) is 12.1 Å². The SMILES string of the molecule is O=C1c2ccccc2NC(c2ccncc2)N1Cc1ccc2c(c1)OCO2. The third kappa shape index (κ3) is 2.75. The van der Waals surface area contributed by atoms with Crippen LogP contribution < -0.4 is 14.8 Å². The van der Waals surface area contributed by atoms with E-state index in [1.165, 1.54) is 0 Å². The molecule has 1 amide bonds. The average molecular weight is 359 g/mol. The molecule has 6 heteroatoms. The molecule has 1 atom stereocenters. The minimum Gasteiger partial charge on any atom is -0.454 e. The Hall–Kier alpha value is -3.54. The van der Waals surface area contributed by atoms with Crippen molar-refractivity contribution >= 4 is 11.6 Å². The Balaban J connectivity index is 1.53. The first-order chi connectivity index (χ1) is 13.3. The molecule has 0 bridgehead atoms. The van der Waals surface area contributed by atoms with Crippen LogP contribution in [0.1, 0.15) is 27.7 Å². The van der Waals surface area contributed by atoms with Crippen LogP contribution in [0.5, 0.6) is 11.5 Å². The van der Waals surface area contributed by atoms with Gasteiger partial charge in [0.2, 0.25) is 6.79 Å². The van der Waals surface area contributed by atoms with E-state index in [1.54, 1.807) is 12.4 Å². The lowest BCUT2D eigenvalue weighted by atomic mass is 10.0. The number of nitrogens with zero attached hydrogens (tertiary/aromatic N) is 2. The molecule has 6 nitrogen and oxygen atoms in total. The van der Waals surface area contributed by atoms with Gasteiger partial charge in [0, 0.05) is 24.6 Å². The molecule has 5 rings (SSSR count). The molecule has 0 fully saturated rings. The standard InChI is InChI=1S/C21H17N3O3/c25-21-16-3-1-2-4-17(16)23-20(15-7-9-22-10-8-15)24(21)12-14-5-6-18-19(11-14)27-13-26-18/h1-11,20,23H,12-13H2. The van der Waals surface area contributed by atoms with Crippen molar-refractivity contribution in [3.8, 4) is 11.5 Å². The van der Waals surface area contributed by atoms with E-state index < -0.39 is 0 Å². The topological polar surface area (TPSA) is 63.7 Å². The van der Waals surface area contributed by atoms with Crippen LogP contribution in [0, 0.1) is 0 Å². The number of hydrogen-bond acceptors (Lipinski definition) is 5. The van der Waals surface area contributed by atoms with Gasteiger partial charge in [0.1, 0.15) is 6.17 Å². The maximum Gasteiger partial charge on any atom is 0.258 e. The van der Waals surface area contributed by atoms with Crippen molar-refractivity contribution in [1.82, 2.24) is 9.88 Å². The molecule has 1 N–H and O–H groups in total. The molecule has 1 unspecified atom stereocenters. The normalized spacial score (nSPS) is 17.4. The fourth-order valence-corrected chi connectivity index (χ4v) is 3.50. The summed E-state index contributed by atoms with van der Waals surface area (Å²) >= 11 is 0. The lowest BCUT2D eigenvalue weighted by Gasteiger charge is -2.38. The van der Waals surface area contributed by atoms with Gasteiger partial charge in [-0.25, -0.2) is 0 Å². The van der Waals surface area contributed by atoms with E-state index in [-0.39, 0.29) is 18.9 Å². The van der Waals surface area contributed by atoms with Crippen LogP contribution in [0.3, 0.4) is 0 Å². The molecule has 2 aromatic carbocycles. The molecule has 27 heavy (non-hydrogen) atoms. The molecule has 2 aliphatic heterocycles. The number of rotatable bonds is 3. The number of ether oxygens (including phenoxy) is 2. The number of hydrogen-bond donors (Lipinski definition) is 1. The highest BCUT2D eigenvalue weighted by Gasteiger charge is 2.33. The third-order valence-corrected chi connectivity index (χ3v) is 4.83. The highest BCUT2D eigenvalue weighted by molar-refractivity contribution is 6.01. The summed E-state index contributed by atoms with van der Waals surface area (Å²) in [5, 5.41) is 3.49. The summed E-state index contributed by atoms with van der Waals surface area (Å²) in [6.45, 7) is 0.680. The van der Waals surface area contributed by atoms with Crippen LogP contribution >= 0.6 is 0 Å². The predicted octanol–water partition coefficient (Wildman–Crippen LogP) is 3.58. The number of fused-ring (bicyclic) bond motifs is 2. The smallest absolute Gasteiger partial charge is 0.258 e. The summed E-state index contributed by atoms with van der Waals surface area (Å²) in [6.07, 6.45) is 3.20. The second kappa shape index (κ2) is 6.32. The van der Waals surface area contributed by atoms with Gasteiger partial charge in [-0.15, -0.1) is 0 Å². The molecule has 3 aromatic rings. The number of carbonyl (C=O) groups excluding carboxylic acids is 1. The summed E-state index contributed by atoms with van der Waals surface area (Å²) in [5.41, 5.74) is 3.47. The Morgan fingerprint density at radius 3 is 2.74 bits per heavy atom. The zero-order chi connectivity index (χ0) is 18.2. The first kappa shape index (κ1) is 15.7. The van der Waals surface area contributed by atoms with E-state index >= 15 is 0 Å². The van der Waals surface area contributed by atoms with Crippen LogP contribution in [-0.4, -0.2) is 22.6 Å². The second-order valence-corrected chi connectivity index (χ2v) is 6.49. The van der Waals surface area contributed by atoms with Gasteiger partial charge in [-0.1, -0.05) is 18.2 Å². The Kier molecular flexibility index (Phi) is 3.67. The van der Waals surface area contributed by atoms with Crippen molar-refractivity contribution in [1.29, 1.82) is 0 Å². The highest BCUT2D eigenvalue weighted by Crippen LogP contribution is 2.36. The van der Waals surface area contributed by atoms with Gasteiger partial charge in [0.05, 0.1) is 5.56 Å². The summed E-state index contributed by atoms with van der Waals surface area (Å²) in [6, 6.07) is 17.2. The molecule has 0 saturated heterocycles. The van der Waals surface area contributed by atoms with E-state index in [0.29, 0.717) is 17.9 Å². The number of benzene rings is 2. The number of para-hydroxylation sites is 1. The van der Waals surface area contributed by atoms with Crippen LogP contribution in [0.2, 0.25) is 0 Å². The van der Waals surface area contributed by atoms with Crippen molar-refractivity contribution in [2.45, 2.75) is 12.7 Å². The van der Waals surface area contributed by atoms with Gasteiger partial charge in [-0.2, -0.15) is 0 Å².